The molecule has 36 heavy (non-hydrogen) atoms. The Morgan fingerprint density at radius 1 is 1.06 bits per heavy atom. The summed E-state index contributed by atoms with van der Waals surface area (Å²) in [5, 5.41) is 1.76. The average Bonchev–Trinajstić information content (AvgIpc) is 3.64. The molecule has 2 fully saturated rings. The van der Waals surface area contributed by atoms with Crippen LogP contribution in [0.3, 0.4) is 0 Å². The standard InChI is InChI=1S/C30H30N2O3S/c1-19-31-28(29(36-19)20-8-3-2-4-9-20)30(34)32-18-21-10-5-6-11-22(21)25(32)14-15-26(33)23-12-7-13-27-24(23)16-17-35-27/h2-4,7-9,12-13,16-17,21-22,25H,5-6,10-11,14-15,18H2,1H3/t21-,22+,25-/m1/s1. The minimum atomic E-state index is 0.0157. The molecule has 3 atom stereocenters. The molecule has 0 N–H and O–H groups in total. The number of nitrogens with zero attached hydrogens (tertiary/aromatic N) is 2. The summed E-state index contributed by atoms with van der Waals surface area (Å²) in [5.74, 6) is 1.10. The molecule has 3 heterocycles. The van der Waals surface area contributed by atoms with Crippen molar-refractivity contribution in [1.82, 2.24) is 9.88 Å². The Morgan fingerprint density at radius 3 is 2.75 bits per heavy atom. The lowest BCUT2D eigenvalue weighted by atomic mass is 9.77. The maximum Gasteiger partial charge on any atom is 0.274 e. The third-order valence-corrected chi connectivity index (χ3v) is 9.01. The molecular formula is C30H30N2O3S. The molecule has 1 aliphatic carbocycles. The second kappa shape index (κ2) is 9.66. The summed E-state index contributed by atoms with van der Waals surface area (Å²) in [4.78, 5) is 35.0. The number of likely N-dealkylation sites (tertiary alicyclic amines) is 1. The highest BCUT2D eigenvalue weighted by Crippen LogP contribution is 2.43. The van der Waals surface area contributed by atoms with Crippen molar-refractivity contribution < 1.29 is 14.0 Å². The van der Waals surface area contributed by atoms with Crippen molar-refractivity contribution in [3.05, 3.63) is 77.1 Å². The molecule has 6 heteroatoms. The van der Waals surface area contributed by atoms with E-state index in [2.05, 4.69) is 4.90 Å². The number of furan rings is 1. The zero-order chi connectivity index (χ0) is 24.6. The van der Waals surface area contributed by atoms with Gasteiger partial charge in [0.25, 0.3) is 5.91 Å². The van der Waals surface area contributed by atoms with Crippen LogP contribution < -0.4 is 0 Å². The molecule has 1 saturated carbocycles. The Labute approximate surface area is 215 Å². The van der Waals surface area contributed by atoms with E-state index < -0.39 is 0 Å². The van der Waals surface area contributed by atoms with Crippen LogP contribution in [0.15, 0.2) is 65.3 Å². The van der Waals surface area contributed by atoms with Crippen LogP contribution in [-0.4, -0.2) is 34.2 Å². The predicted molar refractivity (Wildman–Crippen MR) is 142 cm³/mol. The minimum absolute atomic E-state index is 0.0157. The van der Waals surface area contributed by atoms with Gasteiger partial charge in [0.15, 0.2) is 5.78 Å². The van der Waals surface area contributed by atoms with Gasteiger partial charge in [-0.1, -0.05) is 55.3 Å². The third-order valence-electron chi connectivity index (χ3n) is 7.99. The first kappa shape index (κ1) is 23.2. The fourth-order valence-electron chi connectivity index (χ4n) is 6.34. The van der Waals surface area contributed by atoms with Crippen molar-refractivity contribution in [2.45, 2.75) is 51.5 Å². The normalized spacial score (nSPS) is 21.6. The zero-order valence-electron chi connectivity index (χ0n) is 20.5. The highest BCUT2D eigenvalue weighted by atomic mass is 32.1. The average molecular weight is 499 g/mol. The third kappa shape index (κ3) is 4.17. The molecule has 6 rings (SSSR count). The van der Waals surface area contributed by atoms with Crippen LogP contribution in [0.5, 0.6) is 0 Å². The molecule has 0 unspecified atom stereocenters. The first-order valence-corrected chi connectivity index (χ1v) is 13.7. The van der Waals surface area contributed by atoms with Crippen molar-refractivity contribution in [2.75, 3.05) is 6.54 Å². The van der Waals surface area contributed by atoms with Gasteiger partial charge in [0, 0.05) is 30.0 Å². The SMILES string of the molecule is Cc1nc(C(=O)N2C[C@H]3CCCC[C@@H]3[C@H]2CCC(=O)c2cccc3occc23)c(-c2ccccc2)s1. The van der Waals surface area contributed by atoms with Gasteiger partial charge < -0.3 is 9.32 Å². The lowest BCUT2D eigenvalue weighted by molar-refractivity contribution is 0.0693. The fraction of sp³-hybridized carbons (Fsp3) is 0.367. The number of benzene rings is 2. The Balaban J connectivity index is 1.28. The topological polar surface area (TPSA) is 63.4 Å². The summed E-state index contributed by atoms with van der Waals surface area (Å²) >= 11 is 1.58. The van der Waals surface area contributed by atoms with E-state index in [0.29, 0.717) is 35.9 Å². The summed E-state index contributed by atoms with van der Waals surface area (Å²) in [6, 6.07) is 17.6. The number of amides is 1. The van der Waals surface area contributed by atoms with Crippen molar-refractivity contribution in [3.63, 3.8) is 0 Å². The van der Waals surface area contributed by atoms with Crippen LogP contribution in [0.2, 0.25) is 0 Å². The number of thiazole rings is 1. The van der Waals surface area contributed by atoms with E-state index in [1.807, 2.05) is 61.5 Å². The quantitative estimate of drug-likeness (QED) is 0.265. The number of rotatable bonds is 6. The van der Waals surface area contributed by atoms with Gasteiger partial charge in [0.05, 0.1) is 16.1 Å². The van der Waals surface area contributed by atoms with Gasteiger partial charge in [0.2, 0.25) is 0 Å². The van der Waals surface area contributed by atoms with E-state index in [1.54, 1.807) is 17.6 Å². The summed E-state index contributed by atoms with van der Waals surface area (Å²) in [7, 11) is 0. The Hall–Kier alpha value is -3.25. The molecule has 0 bridgehead atoms. The van der Waals surface area contributed by atoms with Crippen LogP contribution >= 0.6 is 11.3 Å². The van der Waals surface area contributed by atoms with Crippen LogP contribution in [0.25, 0.3) is 21.4 Å². The first-order valence-electron chi connectivity index (χ1n) is 12.9. The lowest BCUT2D eigenvalue weighted by Crippen LogP contribution is -2.38. The second-order valence-electron chi connectivity index (χ2n) is 10.1. The van der Waals surface area contributed by atoms with Gasteiger partial charge in [-0.25, -0.2) is 4.98 Å². The number of hydrogen-bond acceptors (Lipinski definition) is 5. The van der Waals surface area contributed by atoms with Crippen LogP contribution in [0.4, 0.5) is 0 Å². The van der Waals surface area contributed by atoms with Gasteiger partial charge in [-0.05, 0) is 55.7 Å². The Bertz CT molecular complexity index is 1410. The number of Topliss-reactive ketones (excluding diaryl/α,β-unsaturated/α-hetero) is 1. The van der Waals surface area contributed by atoms with Crippen molar-refractivity contribution in [3.8, 4) is 10.4 Å². The maximum absolute atomic E-state index is 14.0. The summed E-state index contributed by atoms with van der Waals surface area (Å²) in [5.41, 5.74) is 3.03. The molecule has 0 radical (unpaired) electrons. The molecule has 5 nitrogen and oxygen atoms in total. The highest BCUT2D eigenvalue weighted by Gasteiger charge is 2.45. The van der Waals surface area contributed by atoms with E-state index in [4.69, 9.17) is 9.40 Å². The van der Waals surface area contributed by atoms with Crippen molar-refractivity contribution >= 4 is 34.0 Å². The number of hydrogen-bond donors (Lipinski definition) is 0. The van der Waals surface area contributed by atoms with Gasteiger partial charge >= 0.3 is 0 Å². The molecular weight excluding hydrogens is 468 g/mol. The number of carbonyl (C=O) groups is 2. The second-order valence-corrected chi connectivity index (χ2v) is 11.3. The number of fused-ring (bicyclic) bond motifs is 2. The monoisotopic (exact) mass is 498 g/mol. The fourth-order valence-corrected chi connectivity index (χ4v) is 7.25. The molecule has 184 valence electrons. The van der Waals surface area contributed by atoms with E-state index in [9.17, 15) is 9.59 Å². The van der Waals surface area contributed by atoms with Crippen LogP contribution in [0, 0.1) is 18.8 Å². The summed E-state index contributed by atoms with van der Waals surface area (Å²) in [6.07, 6.45) is 7.45. The first-order chi connectivity index (χ1) is 17.6. The molecule has 2 aromatic carbocycles. The molecule has 1 aliphatic heterocycles. The summed E-state index contributed by atoms with van der Waals surface area (Å²) < 4.78 is 5.49. The van der Waals surface area contributed by atoms with Gasteiger partial charge in [-0.3, -0.25) is 9.59 Å². The number of carbonyl (C=O) groups excluding carboxylic acids is 2. The predicted octanol–water partition coefficient (Wildman–Crippen LogP) is 7.16. The van der Waals surface area contributed by atoms with E-state index in [0.717, 1.165) is 45.8 Å². The molecule has 4 aromatic rings. The zero-order valence-corrected chi connectivity index (χ0v) is 21.3. The number of aromatic nitrogens is 1. The van der Waals surface area contributed by atoms with Crippen molar-refractivity contribution in [2.24, 2.45) is 11.8 Å². The van der Waals surface area contributed by atoms with Crippen LogP contribution in [0.1, 0.15) is 64.4 Å². The van der Waals surface area contributed by atoms with Gasteiger partial charge in [0.1, 0.15) is 11.3 Å². The number of ketones is 1. The molecule has 2 aliphatic rings. The van der Waals surface area contributed by atoms with Gasteiger partial charge in [-0.15, -0.1) is 11.3 Å². The van der Waals surface area contributed by atoms with E-state index in [1.165, 1.54) is 12.8 Å². The van der Waals surface area contributed by atoms with E-state index >= 15 is 0 Å². The van der Waals surface area contributed by atoms with Gasteiger partial charge in [-0.2, -0.15) is 0 Å². The smallest absolute Gasteiger partial charge is 0.274 e. The number of aryl methyl sites for hydroxylation is 1. The maximum atomic E-state index is 14.0. The Morgan fingerprint density at radius 2 is 1.89 bits per heavy atom. The highest BCUT2D eigenvalue weighted by molar-refractivity contribution is 7.15. The Kier molecular flexibility index (Phi) is 6.22. The minimum Gasteiger partial charge on any atom is -0.464 e. The van der Waals surface area contributed by atoms with Crippen molar-refractivity contribution in [1.29, 1.82) is 0 Å². The molecule has 1 saturated heterocycles. The molecule has 1 amide bonds. The molecule has 2 aromatic heterocycles. The summed E-state index contributed by atoms with van der Waals surface area (Å²) in [6.45, 7) is 2.73. The lowest BCUT2D eigenvalue weighted by Gasteiger charge is -2.30. The van der Waals surface area contributed by atoms with Crippen LogP contribution in [-0.2, 0) is 0 Å². The molecule has 0 spiro atoms. The van der Waals surface area contributed by atoms with E-state index in [-0.39, 0.29) is 17.7 Å². The largest absolute Gasteiger partial charge is 0.464 e.